The molecule has 0 saturated heterocycles. The molecule has 7 heteroatoms. The van der Waals surface area contributed by atoms with E-state index in [1.54, 1.807) is 24.4 Å². The number of benzene rings is 3. The van der Waals surface area contributed by atoms with Crippen molar-refractivity contribution in [2.75, 3.05) is 14.2 Å². The number of hydrazone groups is 1. The van der Waals surface area contributed by atoms with Gasteiger partial charge in [-0.2, -0.15) is 5.10 Å². The monoisotopic (exact) mass is 516 g/mol. The zero-order valence-electron chi connectivity index (χ0n) is 16.6. The molecule has 3 rings (SSSR count). The molecule has 0 atom stereocenters. The van der Waals surface area contributed by atoms with Crippen LogP contribution >= 0.6 is 22.6 Å². The topological polar surface area (TPSA) is 69.2 Å². The summed E-state index contributed by atoms with van der Waals surface area (Å²) >= 11 is 2.27. The molecule has 3 aromatic carbocycles. The molecular formula is C23H21IN2O4. The number of ether oxygens (including phenoxy) is 3. The molecule has 0 fully saturated rings. The number of hydrogen-bond donors (Lipinski definition) is 1. The van der Waals surface area contributed by atoms with Crippen molar-refractivity contribution in [1.29, 1.82) is 0 Å². The molecular weight excluding hydrogens is 495 g/mol. The molecule has 154 valence electrons. The number of nitrogens with one attached hydrogen (secondary N) is 1. The SMILES string of the molecule is COc1cc(OC)cc(C(=O)N/N=C\c2ccccc2OCc2ccc(I)cc2)c1. The highest BCUT2D eigenvalue weighted by Gasteiger charge is 2.09. The minimum absolute atomic E-state index is 0.374. The first-order valence-corrected chi connectivity index (χ1v) is 10.2. The summed E-state index contributed by atoms with van der Waals surface area (Å²) in [5, 5.41) is 4.07. The van der Waals surface area contributed by atoms with Crippen molar-refractivity contribution in [3.05, 3.63) is 87.0 Å². The Morgan fingerprint density at radius 3 is 2.33 bits per heavy atom. The quantitative estimate of drug-likeness (QED) is 0.269. The number of halogens is 1. The molecule has 0 heterocycles. The van der Waals surface area contributed by atoms with Gasteiger partial charge in [-0.05, 0) is 64.6 Å². The van der Waals surface area contributed by atoms with Crippen LogP contribution in [-0.4, -0.2) is 26.3 Å². The predicted molar refractivity (Wildman–Crippen MR) is 125 cm³/mol. The van der Waals surface area contributed by atoms with E-state index in [2.05, 4.69) is 33.1 Å². The van der Waals surface area contributed by atoms with E-state index in [4.69, 9.17) is 14.2 Å². The second-order valence-corrected chi connectivity index (χ2v) is 7.50. The summed E-state index contributed by atoms with van der Waals surface area (Å²) in [6.07, 6.45) is 1.55. The largest absolute Gasteiger partial charge is 0.497 e. The van der Waals surface area contributed by atoms with Gasteiger partial charge >= 0.3 is 0 Å². The lowest BCUT2D eigenvalue weighted by atomic mass is 10.2. The molecule has 0 aliphatic rings. The fourth-order valence-corrected chi connectivity index (χ4v) is 2.98. The van der Waals surface area contributed by atoms with E-state index < -0.39 is 0 Å². The second-order valence-electron chi connectivity index (χ2n) is 6.25. The zero-order chi connectivity index (χ0) is 21.3. The summed E-state index contributed by atoms with van der Waals surface area (Å²) in [6, 6.07) is 20.6. The highest BCUT2D eigenvalue weighted by molar-refractivity contribution is 14.1. The average Bonchev–Trinajstić information content (AvgIpc) is 2.79. The normalized spacial score (nSPS) is 10.6. The van der Waals surface area contributed by atoms with Crippen molar-refractivity contribution in [3.63, 3.8) is 0 Å². The van der Waals surface area contributed by atoms with Gasteiger partial charge in [0.25, 0.3) is 5.91 Å². The van der Waals surface area contributed by atoms with Gasteiger partial charge in [0.15, 0.2) is 0 Å². The number of para-hydroxylation sites is 1. The number of nitrogens with zero attached hydrogens (tertiary/aromatic N) is 1. The zero-order valence-corrected chi connectivity index (χ0v) is 18.8. The highest BCUT2D eigenvalue weighted by Crippen LogP contribution is 2.22. The van der Waals surface area contributed by atoms with Crippen LogP contribution in [-0.2, 0) is 6.61 Å². The van der Waals surface area contributed by atoms with E-state index in [0.29, 0.717) is 29.4 Å². The van der Waals surface area contributed by atoms with Crippen LogP contribution in [0.2, 0.25) is 0 Å². The second kappa shape index (κ2) is 10.6. The molecule has 1 amide bonds. The van der Waals surface area contributed by atoms with Crippen LogP contribution in [0.25, 0.3) is 0 Å². The average molecular weight is 516 g/mol. The summed E-state index contributed by atoms with van der Waals surface area (Å²) in [4.78, 5) is 12.4. The Labute approximate surface area is 189 Å². The van der Waals surface area contributed by atoms with Gasteiger partial charge in [0.05, 0.1) is 20.4 Å². The third kappa shape index (κ3) is 5.96. The number of rotatable bonds is 8. The number of carbonyl (C=O) groups excluding carboxylic acids is 1. The number of methoxy groups -OCH3 is 2. The maximum absolute atomic E-state index is 12.4. The third-order valence-electron chi connectivity index (χ3n) is 4.21. The van der Waals surface area contributed by atoms with Crippen LogP contribution < -0.4 is 19.6 Å². The van der Waals surface area contributed by atoms with Gasteiger partial charge in [0.1, 0.15) is 23.9 Å². The Balaban J connectivity index is 1.66. The molecule has 0 saturated carbocycles. The lowest BCUT2D eigenvalue weighted by Gasteiger charge is -2.09. The lowest BCUT2D eigenvalue weighted by Crippen LogP contribution is -2.17. The summed E-state index contributed by atoms with van der Waals surface area (Å²) in [7, 11) is 3.06. The van der Waals surface area contributed by atoms with Crippen molar-refractivity contribution in [1.82, 2.24) is 5.43 Å². The van der Waals surface area contributed by atoms with E-state index in [-0.39, 0.29) is 5.91 Å². The fraction of sp³-hybridized carbons (Fsp3) is 0.130. The molecule has 6 nitrogen and oxygen atoms in total. The summed E-state index contributed by atoms with van der Waals surface area (Å²) in [5.74, 6) is 1.36. The molecule has 0 bridgehead atoms. The van der Waals surface area contributed by atoms with Crippen molar-refractivity contribution in [2.24, 2.45) is 5.10 Å². The first-order chi connectivity index (χ1) is 14.6. The Bertz CT molecular complexity index is 1010. The molecule has 1 N–H and O–H groups in total. The Hall–Kier alpha value is -3.07. The third-order valence-corrected chi connectivity index (χ3v) is 4.93. The summed E-state index contributed by atoms with van der Waals surface area (Å²) in [6.45, 7) is 0.442. The van der Waals surface area contributed by atoms with Crippen LogP contribution in [0.4, 0.5) is 0 Å². The number of hydrogen-bond acceptors (Lipinski definition) is 5. The first kappa shape index (κ1) is 21.6. The predicted octanol–water partition coefficient (Wildman–Crippen LogP) is 4.65. The molecule has 0 unspecified atom stereocenters. The maximum atomic E-state index is 12.4. The van der Waals surface area contributed by atoms with Crippen molar-refractivity contribution in [2.45, 2.75) is 6.61 Å². The first-order valence-electron chi connectivity index (χ1n) is 9.12. The van der Waals surface area contributed by atoms with Crippen LogP contribution in [0.1, 0.15) is 21.5 Å². The number of amides is 1. The molecule has 0 spiro atoms. The van der Waals surface area contributed by atoms with Crippen LogP contribution in [0.3, 0.4) is 0 Å². The van der Waals surface area contributed by atoms with Gasteiger partial charge in [-0.3, -0.25) is 4.79 Å². The Kier molecular flexibility index (Phi) is 7.67. The molecule has 3 aromatic rings. The van der Waals surface area contributed by atoms with E-state index in [9.17, 15) is 4.79 Å². The van der Waals surface area contributed by atoms with Gasteiger partial charge in [0, 0.05) is 20.8 Å². The van der Waals surface area contributed by atoms with E-state index >= 15 is 0 Å². The molecule has 0 aliphatic carbocycles. The number of carbonyl (C=O) groups is 1. The van der Waals surface area contributed by atoms with E-state index in [1.807, 2.05) is 48.5 Å². The molecule has 0 aliphatic heterocycles. The van der Waals surface area contributed by atoms with E-state index in [1.165, 1.54) is 17.8 Å². The van der Waals surface area contributed by atoms with Gasteiger partial charge < -0.3 is 14.2 Å². The highest BCUT2D eigenvalue weighted by atomic mass is 127. The van der Waals surface area contributed by atoms with Gasteiger partial charge in [-0.25, -0.2) is 5.43 Å². The van der Waals surface area contributed by atoms with Crippen LogP contribution in [0.15, 0.2) is 71.8 Å². The van der Waals surface area contributed by atoms with E-state index in [0.717, 1.165) is 11.1 Å². The van der Waals surface area contributed by atoms with Crippen LogP contribution in [0, 0.1) is 3.57 Å². The van der Waals surface area contributed by atoms with Crippen molar-refractivity contribution in [3.8, 4) is 17.2 Å². The molecule has 30 heavy (non-hydrogen) atoms. The van der Waals surface area contributed by atoms with Crippen LogP contribution in [0.5, 0.6) is 17.2 Å². The standard InChI is InChI=1S/C23H21IN2O4/c1-28-20-11-18(12-21(13-20)29-2)23(27)26-25-14-17-5-3-4-6-22(17)30-15-16-7-9-19(24)10-8-16/h3-14H,15H2,1-2H3,(H,26,27)/b25-14-. The Morgan fingerprint density at radius 2 is 1.67 bits per heavy atom. The maximum Gasteiger partial charge on any atom is 0.271 e. The molecule has 0 aromatic heterocycles. The van der Waals surface area contributed by atoms with Gasteiger partial charge in [0.2, 0.25) is 0 Å². The lowest BCUT2D eigenvalue weighted by molar-refractivity contribution is 0.0954. The summed E-state index contributed by atoms with van der Waals surface area (Å²) < 4.78 is 17.5. The fourth-order valence-electron chi connectivity index (χ4n) is 2.62. The molecule has 0 radical (unpaired) electrons. The van der Waals surface area contributed by atoms with Crippen molar-refractivity contribution >= 4 is 34.7 Å². The van der Waals surface area contributed by atoms with Crippen molar-refractivity contribution < 1.29 is 19.0 Å². The van der Waals surface area contributed by atoms with Gasteiger partial charge in [-0.15, -0.1) is 0 Å². The smallest absolute Gasteiger partial charge is 0.271 e. The van der Waals surface area contributed by atoms with Gasteiger partial charge in [-0.1, -0.05) is 24.3 Å². The Morgan fingerprint density at radius 1 is 1.00 bits per heavy atom. The minimum Gasteiger partial charge on any atom is -0.497 e. The summed E-state index contributed by atoms with van der Waals surface area (Å²) in [5.41, 5.74) is 4.73. The minimum atomic E-state index is -0.374.